The highest BCUT2D eigenvalue weighted by Crippen LogP contribution is 2.33. The van der Waals surface area contributed by atoms with Gasteiger partial charge in [-0.15, -0.1) is 12.4 Å². The highest BCUT2D eigenvalue weighted by Gasteiger charge is 2.43. The maximum atomic E-state index is 12.9. The number of aromatic nitrogens is 1. The van der Waals surface area contributed by atoms with Crippen molar-refractivity contribution in [3.05, 3.63) is 66.0 Å². The van der Waals surface area contributed by atoms with E-state index in [1.54, 1.807) is 0 Å². The summed E-state index contributed by atoms with van der Waals surface area (Å²) in [5, 5.41) is 0. The minimum Gasteiger partial charge on any atom is -0.368 e. The summed E-state index contributed by atoms with van der Waals surface area (Å²) in [6.45, 7) is 6.48. The van der Waals surface area contributed by atoms with Gasteiger partial charge in [0.2, 0.25) is 0 Å². The molecule has 29 heavy (non-hydrogen) atoms. The zero-order valence-electron chi connectivity index (χ0n) is 17.0. The van der Waals surface area contributed by atoms with Crippen molar-refractivity contribution in [2.45, 2.75) is 37.9 Å². The van der Waals surface area contributed by atoms with Gasteiger partial charge in [0.1, 0.15) is 0 Å². The van der Waals surface area contributed by atoms with Crippen molar-refractivity contribution in [3.63, 3.8) is 0 Å². The molecule has 2 saturated heterocycles. The molecule has 1 amide bonds. The molecule has 1 spiro atoms. The number of rotatable bonds is 4. The summed E-state index contributed by atoms with van der Waals surface area (Å²) in [5.74, 6) is 0.118. The average molecular weight is 416 g/mol. The first-order chi connectivity index (χ1) is 13.6. The monoisotopic (exact) mass is 415 g/mol. The Kier molecular flexibility index (Phi) is 7.28. The molecule has 1 aromatic heterocycles. The van der Waals surface area contributed by atoms with Crippen LogP contribution in [0.4, 0.5) is 0 Å². The Hall–Kier alpha value is -1.95. The third kappa shape index (κ3) is 5.35. The van der Waals surface area contributed by atoms with Crippen LogP contribution in [0.15, 0.2) is 54.7 Å². The number of carbonyl (C=O) groups excluding carboxylic acids is 1. The molecule has 4 rings (SSSR count). The lowest BCUT2D eigenvalue weighted by molar-refractivity contribution is -0.161. The van der Waals surface area contributed by atoms with Gasteiger partial charge in [0.05, 0.1) is 18.2 Å². The molecule has 1 atom stereocenters. The van der Waals surface area contributed by atoms with Crippen molar-refractivity contribution in [1.29, 1.82) is 0 Å². The number of pyridine rings is 1. The second-order valence-electron chi connectivity index (χ2n) is 8.08. The zero-order valence-corrected chi connectivity index (χ0v) is 17.8. The molecular weight excluding hydrogens is 386 g/mol. The van der Waals surface area contributed by atoms with E-state index < -0.39 is 0 Å². The topological polar surface area (TPSA) is 45.7 Å². The van der Waals surface area contributed by atoms with Crippen molar-refractivity contribution in [3.8, 4) is 0 Å². The molecule has 2 fully saturated rings. The number of hydrogen-bond acceptors (Lipinski definition) is 4. The minimum absolute atomic E-state index is 0. The highest BCUT2D eigenvalue weighted by atomic mass is 35.5. The minimum atomic E-state index is -0.205. The molecular formula is C23H30ClN3O2. The lowest BCUT2D eigenvalue weighted by Crippen LogP contribution is -2.60. The normalized spacial score (nSPS) is 21.6. The molecule has 156 valence electrons. The van der Waals surface area contributed by atoms with Gasteiger partial charge in [0.15, 0.2) is 0 Å². The first-order valence-electron chi connectivity index (χ1n) is 10.3. The van der Waals surface area contributed by atoms with Gasteiger partial charge in [0, 0.05) is 50.1 Å². The molecule has 6 heteroatoms. The second-order valence-corrected chi connectivity index (χ2v) is 8.08. The van der Waals surface area contributed by atoms with Gasteiger partial charge in [-0.1, -0.05) is 24.3 Å². The van der Waals surface area contributed by atoms with Crippen LogP contribution in [0.3, 0.4) is 0 Å². The van der Waals surface area contributed by atoms with Gasteiger partial charge in [-0.2, -0.15) is 0 Å². The Morgan fingerprint density at radius 3 is 2.55 bits per heavy atom. The van der Waals surface area contributed by atoms with Crippen molar-refractivity contribution >= 4 is 18.3 Å². The maximum Gasteiger partial charge on any atom is 0.254 e. The largest absolute Gasteiger partial charge is 0.368 e. The Morgan fingerprint density at radius 1 is 1.14 bits per heavy atom. The number of amides is 1. The Bertz CT molecular complexity index is 779. The second kappa shape index (κ2) is 9.70. The van der Waals surface area contributed by atoms with Crippen LogP contribution in [-0.2, 0) is 11.2 Å². The van der Waals surface area contributed by atoms with Crippen molar-refractivity contribution < 1.29 is 9.53 Å². The number of hydrogen-bond donors (Lipinski definition) is 0. The zero-order chi connectivity index (χ0) is 19.4. The molecule has 1 unspecified atom stereocenters. The summed E-state index contributed by atoms with van der Waals surface area (Å²) in [4.78, 5) is 21.9. The van der Waals surface area contributed by atoms with Crippen LogP contribution in [-0.4, -0.2) is 65.1 Å². The van der Waals surface area contributed by atoms with Crippen LogP contribution in [0.1, 0.15) is 35.8 Å². The Morgan fingerprint density at radius 2 is 1.86 bits per heavy atom. The number of benzene rings is 1. The van der Waals surface area contributed by atoms with E-state index in [2.05, 4.69) is 22.9 Å². The molecule has 2 aliphatic heterocycles. The SMILES string of the molecule is CC1CN(C(=O)c2ccccc2)CC2(CCN(CCc3ccccn3)CC2)O1.Cl. The summed E-state index contributed by atoms with van der Waals surface area (Å²) >= 11 is 0. The summed E-state index contributed by atoms with van der Waals surface area (Å²) in [7, 11) is 0. The predicted molar refractivity (Wildman–Crippen MR) is 116 cm³/mol. The van der Waals surface area contributed by atoms with Crippen LogP contribution in [0.2, 0.25) is 0 Å². The van der Waals surface area contributed by atoms with Crippen LogP contribution >= 0.6 is 12.4 Å². The molecule has 0 N–H and O–H groups in total. The van der Waals surface area contributed by atoms with Crippen LogP contribution in [0.25, 0.3) is 0 Å². The first-order valence-corrected chi connectivity index (χ1v) is 10.3. The third-order valence-corrected chi connectivity index (χ3v) is 5.89. The van der Waals surface area contributed by atoms with E-state index in [4.69, 9.17) is 4.74 Å². The van der Waals surface area contributed by atoms with Gasteiger partial charge in [0.25, 0.3) is 5.91 Å². The van der Waals surface area contributed by atoms with Crippen molar-refractivity contribution in [1.82, 2.24) is 14.8 Å². The number of ether oxygens (including phenoxy) is 1. The molecule has 5 nitrogen and oxygen atoms in total. The van der Waals surface area contributed by atoms with E-state index in [9.17, 15) is 4.79 Å². The number of nitrogens with zero attached hydrogens (tertiary/aromatic N) is 3. The van der Waals surface area contributed by atoms with E-state index >= 15 is 0 Å². The molecule has 0 aliphatic carbocycles. The number of carbonyl (C=O) groups is 1. The summed E-state index contributed by atoms with van der Waals surface area (Å²) in [6, 6.07) is 15.7. The predicted octanol–water partition coefficient (Wildman–Crippen LogP) is 3.44. The van der Waals surface area contributed by atoms with Gasteiger partial charge >= 0.3 is 0 Å². The maximum absolute atomic E-state index is 12.9. The van der Waals surface area contributed by atoms with Crippen molar-refractivity contribution in [2.24, 2.45) is 0 Å². The fraction of sp³-hybridized carbons (Fsp3) is 0.478. The highest BCUT2D eigenvalue weighted by molar-refractivity contribution is 5.94. The number of halogens is 1. The molecule has 0 bridgehead atoms. The lowest BCUT2D eigenvalue weighted by atomic mass is 9.88. The van der Waals surface area contributed by atoms with E-state index in [1.165, 1.54) is 0 Å². The van der Waals surface area contributed by atoms with E-state index in [1.807, 2.05) is 53.6 Å². The van der Waals surface area contributed by atoms with Crippen LogP contribution < -0.4 is 0 Å². The van der Waals surface area contributed by atoms with E-state index in [0.717, 1.165) is 50.2 Å². The summed E-state index contributed by atoms with van der Waals surface area (Å²) in [5.41, 5.74) is 1.70. The van der Waals surface area contributed by atoms with Gasteiger partial charge in [-0.3, -0.25) is 9.78 Å². The fourth-order valence-corrected chi connectivity index (χ4v) is 4.42. The van der Waals surface area contributed by atoms with E-state index in [-0.39, 0.29) is 30.0 Å². The average Bonchev–Trinajstić information content (AvgIpc) is 2.74. The number of morpholine rings is 1. The van der Waals surface area contributed by atoms with Crippen LogP contribution in [0, 0.1) is 0 Å². The third-order valence-electron chi connectivity index (χ3n) is 5.89. The molecule has 2 aliphatic rings. The van der Waals surface area contributed by atoms with Gasteiger partial charge in [-0.05, 0) is 44.0 Å². The molecule has 0 radical (unpaired) electrons. The van der Waals surface area contributed by atoms with Gasteiger partial charge in [-0.25, -0.2) is 0 Å². The molecule has 3 heterocycles. The van der Waals surface area contributed by atoms with Crippen LogP contribution in [0.5, 0.6) is 0 Å². The molecule has 0 saturated carbocycles. The molecule has 1 aromatic carbocycles. The number of likely N-dealkylation sites (tertiary alicyclic amines) is 1. The lowest BCUT2D eigenvalue weighted by Gasteiger charge is -2.49. The Labute approximate surface area is 179 Å². The number of piperidine rings is 1. The molecule has 2 aromatic rings. The van der Waals surface area contributed by atoms with Crippen molar-refractivity contribution in [2.75, 3.05) is 32.7 Å². The smallest absolute Gasteiger partial charge is 0.254 e. The summed E-state index contributed by atoms with van der Waals surface area (Å²) in [6.07, 6.45) is 4.84. The standard InChI is InChI=1S/C23H29N3O2.ClH/c1-19-17-26(22(27)20-7-3-2-4-8-20)18-23(28-19)11-15-25(16-12-23)14-10-21-9-5-6-13-24-21;/h2-9,13,19H,10-12,14-18H2,1H3;1H. The quantitative estimate of drug-likeness (QED) is 0.767. The fourth-order valence-electron chi connectivity index (χ4n) is 4.42. The summed E-state index contributed by atoms with van der Waals surface area (Å²) < 4.78 is 6.41. The Balaban J connectivity index is 0.00000240. The van der Waals surface area contributed by atoms with E-state index in [0.29, 0.717) is 13.1 Å². The van der Waals surface area contributed by atoms with Gasteiger partial charge < -0.3 is 14.5 Å². The first kappa shape index (κ1) is 21.8.